The number of aliphatic hydroxyl groups excluding tert-OH is 1. The van der Waals surface area contributed by atoms with Crippen molar-refractivity contribution in [2.24, 2.45) is 0 Å². The van der Waals surface area contributed by atoms with Gasteiger partial charge >= 0.3 is 5.97 Å². The molecule has 2 atom stereocenters. The van der Waals surface area contributed by atoms with Crippen LogP contribution < -0.4 is 0 Å². The number of rotatable bonds is 6. The molecule has 1 aliphatic rings. The number of carboxylic acid groups (broad SMARTS) is 1. The second-order valence-electron chi connectivity index (χ2n) is 4.50. The third kappa shape index (κ3) is 3.19. The van der Waals surface area contributed by atoms with Crippen LogP contribution in [0, 0.1) is 0 Å². The monoisotopic (exact) mass is 280 g/mol. The fourth-order valence-electron chi connectivity index (χ4n) is 1.94. The van der Waals surface area contributed by atoms with Gasteiger partial charge in [0.25, 0.3) is 10.2 Å². The van der Waals surface area contributed by atoms with Gasteiger partial charge in [-0.1, -0.05) is 13.3 Å². The Morgan fingerprint density at radius 3 is 2.61 bits per heavy atom. The lowest BCUT2D eigenvalue weighted by atomic mass is 10.2. The molecule has 0 aromatic rings. The predicted molar refractivity (Wildman–Crippen MR) is 65.2 cm³/mol. The first-order valence-electron chi connectivity index (χ1n) is 5.94. The highest BCUT2D eigenvalue weighted by Crippen LogP contribution is 2.23. The summed E-state index contributed by atoms with van der Waals surface area (Å²) in [6.07, 6.45) is 0.589. The SMILES string of the molecule is CCCCN(C)S(=O)(=O)N1C[C@H](O)C[C@H]1C(=O)O. The summed E-state index contributed by atoms with van der Waals surface area (Å²) >= 11 is 0. The molecule has 0 radical (unpaired) electrons. The van der Waals surface area contributed by atoms with Gasteiger partial charge in [-0.05, 0) is 6.42 Å². The summed E-state index contributed by atoms with van der Waals surface area (Å²) in [4.78, 5) is 11.0. The number of carboxylic acids is 1. The Morgan fingerprint density at radius 2 is 2.11 bits per heavy atom. The van der Waals surface area contributed by atoms with Crippen molar-refractivity contribution in [3.05, 3.63) is 0 Å². The molecule has 18 heavy (non-hydrogen) atoms. The molecule has 106 valence electrons. The normalized spacial score (nSPS) is 25.8. The number of aliphatic carboxylic acids is 1. The molecule has 0 unspecified atom stereocenters. The largest absolute Gasteiger partial charge is 0.480 e. The van der Waals surface area contributed by atoms with Crippen LogP contribution in [0.1, 0.15) is 26.2 Å². The lowest BCUT2D eigenvalue weighted by molar-refractivity contribution is -0.140. The molecule has 1 heterocycles. The van der Waals surface area contributed by atoms with Gasteiger partial charge < -0.3 is 10.2 Å². The molecule has 0 aromatic heterocycles. The number of nitrogens with zero attached hydrogens (tertiary/aromatic N) is 2. The minimum Gasteiger partial charge on any atom is -0.480 e. The number of aliphatic hydroxyl groups is 1. The first-order chi connectivity index (χ1) is 8.30. The van der Waals surface area contributed by atoms with Crippen LogP contribution in [0.15, 0.2) is 0 Å². The van der Waals surface area contributed by atoms with E-state index in [1.807, 2.05) is 6.92 Å². The highest BCUT2D eigenvalue weighted by Gasteiger charge is 2.44. The first kappa shape index (κ1) is 15.4. The van der Waals surface area contributed by atoms with Crippen LogP contribution in [0.4, 0.5) is 0 Å². The third-order valence-electron chi connectivity index (χ3n) is 3.04. The highest BCUT2D eigenvalue weighted by molar-refractivity contribution is 7.86. The maximum atomic E-state index is 12.2. The van der Waals surface area contributed by atoms with Crippen molar-refractivity contribution in [2.75, 3.05) is 20.1 Å². The van der Waals surface area contributed by atoms with Crippen LogP contribution >= 0.6 is 0 Å². The van der Waals surface area contributed by atoms with Gasteiger partial charge in [-0.25, -0.2) is 0 Å². The van der Waals surface area contributed by atoms with Crippen molar-refractivity contribution in [1.29, 1.82) is 0 Å². The van der Waals surface area contributed by atoms with E-state index in [0.717, 1.165) is 15.0 Å². The molecule has 1 aliphatic heterocycles. The number of carbonyl (C=O) groups is 1. The molecule has 0 spiro atoms. The van der Waals surface area contributed by atoms with E-state index < -0.39 is 28.3 Å². The molecular weight excluding hydrogens is 260 g/mol. The summed E-state index contributed by atoms with van der Waals surface area (Å²) in [6, 6.07) is -1.17. The van der Waals surface area contributed by atoms with E-state index in [0.29, 0.717) is 13.0 Å². The van der Waals surface area contributed by atoms with Gasteiger partial charge in [-0.15, -0.1) is 0 Å². The Balaban J connectivity index is 2.86. The van der Waals surface area contributed by atoms with Gasteiger partial charge in [0.2, 0.25) is 0 Å². The van der Waals surface area contributed by atoms with E-state index in [2.05, 4.69) is 0 Å². The molecule has 8 heteroatoms. The fourth-order valence-corrected chi connectivity index (χ4v) is 3.52. The zero-order valence-electron chi connectivity index (χ0n) is 10.6. The van der Waals surface area contributed by atoms with Crippen molar-refractivity contribution >= 4 is 16.2 Å². The van der Waals surface area contributed by atoms with Crippen molar-refractivity contribution in [3.63, 3.8) is 0 Å². The minimum atomic E-state index is -3.81. The van der Waals surface area contributed by atoms with E-state index >= 15 is 0 Å². The maximum Gasteiger partial charge on any atom is 0.322 e. The van der Waals surface area contributed by atoms with Gasteiger partial charge in [0, 0.05) is 26.6 Å². The van der Waals surface area contributed by atoms with Crippen LogP contribution in [0.25, 0.3) is 0 Å². The van der Waals surface area contributed by atoms with Gasteiger partial charge in [0.05, 0.1) is 6.10 Å². The maximum absolute atomic E-state index is 12.2. The smallest absolute Gasteiger partial charge is 0.322 e. The Labute approximate surface area is 107 Å². The minimum absolute atomic E-state index is 0.0593. The van der Waals surface area contributed by atoms with E-state index in [-0.39, 0.29) is 13.0 Å². The lowest BCUT2D eigenvalue weighted by Gasteiger charge is -2.26. The summed E-state index contributed by atoms with van der Waals surface area (Å²) in [5, 5.41) is 18.4. The molecule has 1 saturated heterocycles. The number of hydrogen-bond acceptors (Lipinski definition) is 4. The molecule has 0 saturated carbocycles. The molecule has 0 bridgehead atoms. The second-order valence-corrected chi connectivity index (χ2v) is 6.48. The van der Waals surface area contributed by atoms with Crippen LogP contribution in [0.2, 0.25) is 0 Å². The van der Waals surface area contributed by atoms with Crippen LogP contribution in [-0.2, 0) is 15.0 Å². The quantitative estimate of drug-likeness (QED) is 0.682. The molecule has 0 aliphatic carbocycles. The highest BCUT2D eigenvalue weighted by atomic mass is 32.2. The zero-order chi connectivity index (χ0) is 13.9. The predicted octanol–water partition coefficient (Wildman–Crippen LogP) is -0.517. The summed E-state index contributed by atoms with van der Waals surface area (Å²) in [5.74, 6) is -1.22. The van der Waals surface area contributed by atoms with Gasteiger partial charge in [-0.3, -0.25) is 4.79 Å². The Hall–Kier alpha value is -0.700. The summed E-state index contributed by atoms with van der Waals surface area (Å²) < 4.78 is 26.4. The Morgan fingerprint density at radius 1 is 1.50 bits per heavy atom. The topological polar surface area (TPSA) is 98.2 Å². The molecule has 0 amide bonds. The Kier molecular flexibility index (Phi) is 5.09. The molecule has 1 rings (SSSR count). The van der Waals surface area contributed by atoms with E-state index in [1.54, 1.807) is 0 Å². The first-order valence-corrected chi connectivity index (χ1v) is 7.34. The van der Waals surface area contributed by atoms with Crippen molar-refractivity contribution in [1.82, 2.24) is 8.61 Å². The average Bonchev–Trinajstić information content (AvgIpc) is 2.68. The molecule has 2 N–H and O–H groups in total. The van der Waals surface area contributed by atoms with Gasteiger partial charge in [0.15, 0.2) is 0 Å². The van der Waals surface area contributed by atoms with Crippen molar-refractivity contribution in [3.8, 4) is 0 Å². The number of unbranched alkanes of at least 4 members (excludes halogenated alkanes) is 1. The van der Waals surface area contributed by atoms with Crippen LogP contribution in [0.3, 0.4) is 0 Å². The average molecular weight is 280 g/mol. The van der Waals surface area contributed by atoms with Crippen LogP contribution in [0.5, 0.6) is 0 Å². The molecular formula is C10H20N2O5S. The molecule has 0 aromatic carbocycles. The molecule has 1 fully saturated rings. The lowest BCUT2D eigenvalue weighted by Crippen LogP contribution is -2.47. The van der Waals surface area contributed by atoms with E-state index in [9.17, 15) is 18.3 Å². The van der Waals surface area contributed by atoms with Gasteiger partial charge in [-0.2, -0.15) is 17.0 Å². The second kappa shape index (κ2) is 5.96. The summed E-state index contributed by atoms with van der Waals surface area (Å²) in [5.41, 5.74) is 0. The van der Waals surface area contributed by atoms with Crippen molar-refractivity contribution in [2.45, 2.75) is 38.3 Å². The van der Waals surface area contributed by atoms with Gasteiger partial charge in [0.1, 0.15) is 6.04 Å². The van der Waals surface area contributed by atoms with Crippen LogP contribution in [-0.4, -0.2) is 65.5 Å². The third-order valence-corrected chi connectivity index (χ3v) is 5.00. The van der Waals surface area contributed by atoms with E-state index in [4.69, 9.17) is 5.11 Å². The van der Waals surface area contributed by atoms with Crippen molar-refractivity contribution < 1.29 is 23.4 Å². The summed E-state index contributed by atoms with van der Waals surface area (Å²) in [6.45, 7) is 2.13. The standard InChI is InChI=1S/C10H20N2O5S/c1-3-4-5-11(2)18(16,17)12-7-8(13)6-9(12)10(14)15/h8-9,13H,3-7H2,1-2H3,(H,14,15)/t8-,9+/m1/s1. The molecule has 7 nitrogen and oxygen atoms in total. The fraction of sp³-hybridized carbons (Fsp3) is 0.900. The summed E-state index contributed by atoms with van der Waals surface area (Å²) in [7, 11) is -2.39. The number of hydrogen-bond donors (Lipinski definition) is 2. The van der Waals surface area contributed by atoms with E-state index in [1.165, 1.54) is 7.05 Å². The zero-order valence-corrected chi connectivity index (χ0v) is 11.4. The number of β-amino-alcohol motifs (C(OH)–C–C–N with tert-alkyl or cyclic N) is 1. The Bertz CT molecular complexity index is 397.